The summed E-state index contributed by atoms with van der Waals surface area (Å²) in [5, 5.41) is 0. The first-order valence-electron chi connectivity index (χ1n) is 4.75. The minimum atomic E-state index is -0.301. The number of carbonyl (C=O) groups excluding carboxylic acids is 1. The van der Waals surface area contributed by atoms with Crippen LogP contribution in [-0.2, 0) is 16.1 Å². The molecule has 0 atom stereocenters. The van der Waals surface area contributed by atoms with Gasteiger partial charge in [-0.25, -0.2) is 4.98 Å². The second-order valence-corrected chi connectivity index (χ2v) is 3.27. The van der Waals surface area contributed by atoms with E-state index in [0.717, 1.165) is 0 Å². The van der Waals surface area contributed by atoms with Crippen LogP contribution in [0.2, 0.25) is 0 Å². The van der Waals surface area contributed by atoms with Crippen LogP contribution in [0.15, 0.2) is 17.3 Å². The van der Waals surface area contributed by atoms with Crippen molar-refractivity contribution in [1.29, 1.82) is 0 Å². The molecule has 0 amide bonds. The van der Waals surface area contributed by atoms with Crippen molar-refractivity contribution in [3.05, 3.63) is 28.4 Å². The van der Waals surface area contributed by atoms with Gasteiger partial charge in [0.15, 0.2) is 0 Å². The van der Waals surface area contributed by atoms with Gasteiger partial charge < -0.3 is 4.74 Å². The van der Waals surface area contributed by atoms with E-state index in [9.17, 15) is 9.59 Å². The van der Waals surface area contributed by atoms with Gasteiger partial charge in [0.05, 0.1) is 12.9 Å². The standard InChI is InChI=1S/C10H14N2O3/c1-8-6-11-7-12(10(8)14)4-3-5-15-9(2)13/h6-7H,3-5H2,1-2H3. The van der Waals surface area contributed by atoms with Crippen LogP contribution >= 0.6 is 0 Å². The Balaban J connectivity index is 2.48. The zero-order valence-electron chi connectivity index (χ0n) is 8.90. The lowest BCUT2D eigenvalue weighted by Gasteiger charge is -2.05. The number of nitrogens with zero attached hydrogens (tertiary/aromatic N) is 2. The van der Waals surface area contributed by atoms with Gasteiger partial charge in [-0.05, 0) is 13.3 Å². The van der Waals surface area contributed by atoms with Gasteiger partial charge in [-0.1, -0.05) is 0 Å². The molecule has 0 aliphatic carbocycles. The van der Waals surface area contributed by atoms with Crippen LogP contribution in [0.25, 0.3) is 0 Å². The van der Waals surface area contributed by atoms with Gasteiger partial charge >= 0.3 is 5.97 Å². The predicted molar refractivity (Wildman–Crippen MR) is 54.5 cm³/mol. The number of rotatable bonds is 4. The number of aromatic nitrogens is 2. The van der Waals surface area contributed by atoms with Crippen LogP contribution in [0.1, 0.15) is 18.9 Å². The van der Waals surface area contributed by atoms with Gasteiger partial charge in [0.25, 0.3) is 5.56 Å². The molecule has 82 valence electrons. The van der Waals surface area contributed by atoms with Gasteiger partial charge in [0.1, 0.15) is 0 Å². The Morgan fingerprint density at radius 1 is 1.60 bits per heavy atom. The second kappa shape index (κ2) is 5.29. The molecule has 0 N–H and O–H groups in total. The van der Waals surface area contributed by atoms with E-state index in [0.29, 0.717) is 25.1 Å². The summed E-state index contributed by atoms with van der Waals surface area (Å²) in [5.41, 5.74) is 0.567. The van der Waals surface area contributed by atoms with Crippen molar-refractivity contribution in [2.24, 2.45) is 0 Å². The van der Waals surface area contributed by atoms with Gasteiger partial charge in [-0.3, -0.25) is 14.2 Å². The molecule has 0 unspecified atom stereocenters. The van der Waals surface area contributed by atoms with E-state index < -0.39 is 0 Å². The summed E-state index contributed by atoms with van der Waals surface area (Å²) in [4.78, 5) is 25.9. The number of ether oxygens (including phenoxy) is 1. The maximum absolute atomic E-state index is 11.5. The summed E-state index contributed by atoms with van der Waals surface area (Å²) in [6, 6.07) is 0. The molecular weight excluding hydrogens is 196 g/mol. The maximum Gasteiger partial charge on any atom is 0.302 e. The summed E-state index contributed by atoms with van der Waals surface area (Å²) in [7, 11) is 0. The fraction of sp³-hybridized carbons (Fsp3) is 0.500. The van der Waals surface area contributed by atoms with Gasteiger partial charge in [-0.15, -0.1) is 0 Å². The number of aryl methyl sites for hydroxylation is 2. The zero-order chi connectivity index (χ0) is 11.3. The third-order valence-corrected chi connectivity index (χ3v) is 1.92. The average Bonchev–Trinajstić information content (AvgIpc) is 2.18. The van der Waals surface area contributed by atoms with Crippen molar-refractivity contribution in [3.8, 4) is 0 Å². The van der Waals surface area contributed by atoms with Crippen LogP contribution in [0.4, 0.5) is 0 Å². The van der Waals surface area contributed by atoms with Crippen LogP contribution in [0.5, 0.6) is 0 Å². The van der Waals surface area contributed by atoms with Crippen LogP contribution in [0.3, 0.4) is 0 Å². The Morgan fingerprint density at radius 3 is 3.00 bits per heavy atom. The Hall–Kier alpha value is -1.65. The van der Waals surface area contributed by atoms with Gasteiger partial charge in [0, 0.05) is 25.2 Å². The van der Waals surface area contributed by atoms with E-state index in [-0.39, 0.29) is 11.5 Å². The lowest BCUT2D eigenvalue weighted by atomic mass is 10.3. The maximum atomic E-state index is 11.5. The van der Waals surface area contributed by atoms with Crippen molar-refractivity contribution < 1.29 is 9.53 Å². The third kappa shape index (κ3) is 3.53. The first-order valence-corrected chi connectivity index (χ1v) is 4.75. The highest BCUT2D eigenvalue weighted by molar-refractivity contribution is 5.65. The molecule has 1 rings (SSSR count). The minimum Gasteiger partial charge on any atom is -0.466 e. The van der Waals surface area contributed by atoms with E-state index in [1.54, 1.807) is 6.92 Å². The summed E-state index contributed by atoms with van der Waals surface area (Å²) < 4.78 is 6.27. The molecule has 15 heavy (non-hydrogen) atoms. The molecule has 1 aromatic heterocycles. The zero-order valence-corrected chi connectivity index (χ0v) is 8.90. The predicted octanol–water partition coefficient (Wildman–Crippen LogP) is 0.505. The van der Waals surface area contributed by atoms with Crippen molar-refractivity contribution in [2.45, 2.75) is 26.8 Å². The Bertz CT molecular complexity index is 398. The highest BCUT2D eigenvalue weighted by Crippen LogP contribution is 1.90. The normalized spacial score (nSPS) is 10.0. The Labute approximate surface area is 87.7 Å². The first-order chi connectivity index (χ1) is 7.11. The number of hydrogen-bond acceptors (Lipinski definition) is 4. The molecule has 5 nitrogen and oxygen atoms in total. The molecule has 0 spiro atoms. The van der Waals surface area contributed by atoms with E-state index >= 15 is 0 Å². The van der Waals surface area contributed by atoms with Crippen LogP contribution in [0, 0.1) is 6.92 Å². The SMILES string of the molecule is CC(=O)OCCCn1cncc(C)c1=O. The van der Waals surface area contributed by atoms with Gasteiger partial charge in [0.2, 0.25) is 0 Å². The summed E-state index contributed by atoms with van der Waals surface area (Å²) in [6.07, 6.45) is 3.64. The van der Waals surface area contributed by atoms with Crippen molar-refractivity contribution in [2.75, 3.05) is 6.61 Å². The summed E-state index contributed by atoms with van der Waals surface area (Å²) in [5.74, 6) is -0.301. The molecule has 0 fully saturated rings. The van der Waals surface area contributed by atoms with E-state index in [1.807, 2.05) is 0 Å². The molecule has 0 saturated heterocycles. The van der Waals surface area contributed by atoms with Crippen molar-refractivity contribution in [3.63, 3.8) is 0 Å². The topological polar surface area (TPSA) is 61.2 Å². The molecule has 1 heterocycles. The number of hydrogen-bond donors (Lipinski definition) is 0. The molecule has 0 saturated carbocycles. The third-order valence-electron chi connectivity index (χ3n) is 1.92. The summed E-state index contributed by atoms with van der Waals surface area (Å²) >= 11 is 0. The average molecular weight is 210 g/mol. The van der Waals surface area contributed by atoms with Crippen molar-refractivity contribution >= 4 is 5.97 Å². The first kappa shape index (κ1) is 11.4. The van der Waals surface area contributed by atoms with E-state index in [2.05, 4.69) is 4.98 Å². The molecule has 0 aromatic carbocycles. The number of carbonyl (C=O) groups is 1. The fourth-order valence-corrected chi connectivity index (χ4v) is 1.17. The number of esters is 1. The van der Waals surface area contributed by atoms with E-state index in [4.69, 9.17) is 4.74 Å². The van der Waals surface area contributed by atoms with Crippen LogP contribution < -0.4 is 5.56 Å². The molecule has 0 aliphatic heterocycles. The molecular formula is C10H14N2O3. The molecule has 1 aromatic rings. The lowest BCUT2D eigenvalue weighted by Crippen LogP contribution is -2.23. The summed E-state index contributed by atoms with van der Waals surface area (Å²) in [6.45, 7) is 3.93. The molecule has 0 aliphatic rings. The van der Waals surface area contributed by atoms with Crippen molar-refractivity contribution in [1.82, 2.24) is 9.55 Å². The smallest absolute Gasteiger partial charge is 0.302 e. The molecule has 0 radical (unpaired) electrons. The molecule has 0 bridgehead atoms. The fourth-order valence-electron chi connectivity index (χ4n) is 1.17. The lowest BCUT2D eigenvalue weighted by molar-refractivity contribution is -0.141. The quantitative estimate of drug-likeness (QED) is 0.536. The Morgan fingerprint density at radius 2 is 2.33 bits per heavy atom. The van der Waals surface area contributed by atoms with E-state index in [1.165, 1.54) is 24.0 Å². The van der Waals surface area contributed by atoms with Gasteiger partial charge in [-0.2, -0.15) is 0 Å². The second-order valence-electron chi connectivity index (χ2n) is 3.27. The highest BCUT2D eigenvalue weighted by Gasteiger charge is 1.99. The largest absolute Gasteiger partial charge is 0.466 e. The molecule has 5 heteroatoms. The Kier molecular flexibility index (Phi) is 4.03. The highest BCUT2D eigenvalue weighted by atomic mass is 16.5. The minimum absolute atomic E-state index is 0.0483. The van der Waals surface area contributed by atoms with Crippen LogP contribution in [-0.4, -0.2) is 22.1 Å². The monoisotopic (exact) mass is 210 g/mol.